The lowest BCUT2D eigenvalue weighted by atomic mass is 10.1. The largest absolute Gasteiger partial charge is 0.456 e. The second kappa shape index (κ2) is 6.48. The van der Waals surface area contributed by atoms with E-state index in [0.29, 0.717) is 5.56 Å². The van der Waals surface area contributed by atoms with Crippen LogP contribution in [0.5, 0.6) is 0 Å². The first-order valence-electron chi connectivity index (χ1n) is 5.65. The van der Waals surface area contributed by atoms with Crippen LogP contribution in [0.25, 0.3) is 0 Å². The molecular weight excluding hydrogens is 252 g/mol. The molecule has 1 aromatic carbocycles. The maximum Gasteiger partial charge on any atom is 0.306 e. The highest BCUT2D eigenvalue weighted by molar-refractivity contribution is 5.95. The molecule has 0 fully saturated rings. The molecule has 0 bridgehead atoms. The number of para-hydroxylation sites is 1. The number of amides is 1. The highest BCUT2D eigenvalue weighted by Crippen LogP contribution is 2.27. The molecule has 0 saturated heterocycles. The van der Waals surface area contributed by atoms with E-state index in [2.05, 4.69) is 10.1 Å². The lowest BCUT2D eigenvalue weighted by Gasteiger charge is -2.09. The Morgan fingerprint density at radius 3 is 2.68 bits per heavy atom. The molecule has 7 nitrogen and oxygen atoms in total. The standard InChI is InChI=1S/C12H14N2O5/c1-3-11(16)19-7-10(15)13-12-8(2)5-4-6-9(12)14(17)18/h4-6H,3,7H2,1-2H3,(H,13,15). The molecule has 0 radical (unpaired) electrons. The van der Waals surface area contributed by atoms with Crippen LogP contribution in [0.15, 0.2) is 18.2 Å². The van der Waals surface area contributed by atoms with Crippen molar-refractivity contribution in [2.45, 2.75) is 20.3 Å². The summed E-state index contributed by atoms with van der Waals surface area (Å²) >= 11 is 0. The second-order valence-corrected chi connectivity index (χ2v) is 3.79. The Labute approximate surface area is 109 Å². The van der Waals surface area contributed by atoms with Crippen molar-refractivity contribution in [2.75, 3.05) is 11.9 Å². The molecule has 0 aliphatic heterocycles. The van der Waals surface area contributed by atoms with Crippen molar-refractivity contribution in [1.29, 1.82) is 0 Å². The summed E-state index contributed by atoms with van der Waals surface area (Å²) in [6, 6.07) is 4.46. The Bertz CT molecular complexity index is 513. The smallest absolute Gasteiger partial charge is 0.306 e. The van der Waals surface area contributed by atoms with Crippen molar-refractivity contribution in [3.63, 3.8) is 0 Å². The third-order valence-corrected chi connectivity index (χ3v) is 2.36. The van der Waals surface area contributed by atoms with E-state index in [0.717, 1.165) is 0 Å². The number of nitro benzene ring substituents is 1. The zero-order valence-electron chi connectivity index (χ0n) is 10.6. The summed E-state index contributed by atoms with van der Waals surface area (Å²) in [5.41, 5.74) is 0.476. The molecule has 1 rings (SSSR count). The normalized spacial score (nSPS) is 9.79. The summed E-state index contributed by atoms with van der Waals surface area (Å²) in [5, 5.41) is 13.2. The molecule has 102 valence electrons. The lowest BCUT2D eigenvalue weighted by Crippen LogP contribution is -2.21. The first-order valence-corrected chi connectivity index (χ1v) is 5.65. The minimum absolute atomic E-state index is 0.116. The Morgan fingerprint density at radius 1 is 1.42 bits per heavy atom. The Hall–Kier alpha value is -2.44. The maximum absolute atomic E-state index is 11.5. The van der Waals surface area contributed by atoms with Crippen molar-refractivity contribution < 1.29 is 19.2 Å². The fourth-order valence-electron chi connectivity index (χ4n) is 1.39. The lowest BCUT2D eigenvalue weighted by molar-refractivity contribution is -0.384. The van der Waals surface area contributed by atoms with Gasteiger partial charge in [0.1, 0.15) is 5.69 Å². The van der Waals surface area contributed by atoms with Crippen molar-refractivity contribution in [3.8, 4) is 0 Å². The number of carbonyl (C=O) groups is 2. The minimum Gasteiger partial charge on any atom is -0.456 e. The number of esters is 1. The van der Waals surface area contributed by atoms with Crippen molar-refractivity contribution in [3.05, 3.63) is 33.9 Å². The molecule has 0 aromatic heterocycles. The van der Waals surface area contributed by atoms with Crippen molar-refractivity contribution in [1.82, 2.24) is 0 Å². The van der Waals surface area contributed by atoms with Crippen LogP contribution in [0.1, 0.15) is 18.9 Å². The summed E-state index contributed by atoms with van der Waals surface area (Å²) < 4.78 is 4.64. The third-order valence-electron chi connectivity index (χ3n) is 2.36. The summed E-state index contributed by atoms with van der Waals surface area (Å²) in [6.45, 7) is 2.78. The number of anilines is 1. The number of hydrogen-bond donors (Lipinski definition) is 1. The Balaban J connectivity index is 2.79. The fourth-order valence-corrected chi connectivity index (χ4v) is 1.39. The van der Waals surface area contributed by atoms with Gasteiger partial charge in [-0.3, -0.25) is 19.7 Å². The van der Waals surface area contributed by atoms with Gasteiger partial charge in [-0.1, -0.05) is 19.1 Å². The van der Waals surface area contributed by atoms with Gasteiger partial charge in [0, 0.05) is 12.5 Å². The molecule has 0 aliphatic rings. The second-order valence-electron chi connectivity index (χ2n) is 3.79. The van der Waals surface area contributed by atoms with Crippen LogP contribution in [-0.4, -0.2) is 23.4 Å². The number of nitrogens with one attached hydrogen (secondary N) is 1. The molecule has 0 heterocycles. The van der Waals surface area contributed by atoms with Gasteiger partial charge < -0.3 is 10.1 Å². The van der Waals surface area contributed by atoms with Gasteiger partial charge in [-0.25, -0.2) is 0 Å². The van der Waals surface area contributed by atoms with Gasteiger partial charge in [0.25, 0.3) is 11.6 Å². The van der Waals surface area contributed by atoms with Gasteiger partial charge in [-0.2, -0.15) is 0 Å². The third kappa shape index (κ3) is 4.06. The van der Waals surface area contributed by atoms with Crippen LogP contribution in [0.2, 0.25) is 0 Å². The molecule has 0 unspecified atom stereocenters. The number of benzene rings is 1. The molecule has 7 heteroatoms. The zero-order valence-corrected chi connectivity index (χ0v) is 10.6. The maximum atomic E-state index is 11.5. The average molecular weight is 266 g/mol. The van der Waals surface area contributed by atoms with Gasteiger partial charge in [-0.05, 0) is 12.5 Å². The highest BCUT2D eigenvalue weighted by atomic mass is 16.6. The molecule has 0 saturated carbocycles. The Kier molecular flexibility index (Phi) is 4.99. The summed E-state index contributed by atoms with van der Waals surface area (Å²) in [7, 11) is 0. The fraction of sp³-hybridized carbons (Fsp3) is 0.333. The van der Waals surface area contributed by atoms with Crippen LogP contribution in [0.4, 0.5) is 11.4 Å². The van der Waals surface area contributed by atoms with E-state index in [-0.39, 0.29) is 17.8 Å². The van der Waals surface area contributed by atoms with E-state index in [1.807, 2.05) is 0 Å². The van der Waals surface area contributed by atoms with Crippen LogP contribution in [-0.2, 0) is 14.3 Å². The molecule has 0 atom stereocenters. The predicted octanol–water partition coefficient (Wildman–Crippen LogP) is 1.79. The highest BCUT2D eigenvalue weighted by Gasteiger charge is 2.18. The number of nitrogens with zero attached hydrogens (tertiary/aromatic N) is 1. The van der Waals surface area contributed by atoms with Gasteiger partial charge in [0.15, 0.2) is 6.61 Å². The number of carbonyl (C=O) groups excluding carboxylic acids is 2. The molecule has 0 spiro atoms. The number of rotatable bonds is 5. The molecule has 0 aliphatic carbocycles. The minimum atomic E-state index is -0.612. The van der Waals surface area contributed by atoms with E-state index >= 15 is 0 Å². The van der Waals surface area contributed by atoms with Gasteiger partial charge >= 0.3 is 5.97 Å². The van der Waals surface area contributed by atoms with Crippen molar-refractivity contribution >= 4 is 23.3 Å². The molecular formula is C12H14N2O5. The van der Waals surface area contributed by atoms with Gasteiger partial charge in [-0.15, -0.1) is 0 Å². The molecule has 1 amide bonds. The number of aryl methyl sites for hydroxylation is 1. The zero-order chi connectivity index (χ0) is 14.4. The quantitative estimate of drug-likeness (QED) is 0.497. The average Bonchev–Trinajstić information content (AvgIpc) is 2.38. The molecule has 1 N–H and O–H groups in total. The molecule has 1 aromatic rings. The number of nitro groups is 1. The first-order chi connectivity index (χ1) is 8.95. The van der Waals surface area contributed by atoms with Crippen molar-refractivity contribution in [2.24, 2.45) is 0 Å². The van der Waals surface area contributed by atoms with Crippen LogP contribution in [0, 0.1) is 17.0 Å². The van der Waals surface area contributed by atoms with E-state index in [1.54, 1.807) is 19.9 Å². The molecule has 19 heavy (non-hydrogen) atoms. The monoisotopic (exact) mass is 266 g/mol. The summed E-state index contributed by atoms with van der Waals surface area (Å²) in [6.07, 6.45) is 0.164. The van der Waals surface area contributed by atoms with Crippen LogP contribution >= 0.6 is 0 Å². The van der Waals surface area contributed by atoms with Crippen LogP contribution < -0.4 is 5.32 Å². The first kappa shape index (κ1) is 14.6. The van der Waals surface area contributed by atoms with E-state index < -0.39 is 23.4 Å². The van der Waals surface area contributed by atoms with Crippen LogP contribution in [0.3, 0.4) is 0 Å². The number of hydrogen-bond acceptors (Lipinski definition) is 5. The van der Waals surface area contributed by atoms with Gasteiger partial charge in [0.05, 0.1) is 4.92 Å². The van der Waals surface area contributed by atoms with E-state index in [9.17, 15) is 19.7 Å². The summed E-state index contributed by atoms with van der Waals surface area (Å²) in [4.78, 5) is 32.7. The summed E-state index contributed by atoms with van der Waals surface area (Å²) in [5.74, 6) is -1.12. The SMILES string of the molecule is CCC(=O)OCC(=O)Nc1c(C)cccc1[N+](=O)[O-]. The van der Waals surface area contributed by atoms with E-state index in [1.165, 1.54) is 12.1 Å². The Morgan fingerprint density at radius 2 is 2.11 bits per heavy atom. The number of ether oxygens (including phenoxy) is 1. The van der Waals surface area contributed by atoms with E-state index in [4.69, 9.17) is 0 Å². The van der Waals surface area contributed by atoms with Gasteiger partial charge in [0.2, 0.25) is 0 Å². The predicted molar refractivity (Wildman–Crippen MR) is 67.7 cm³/mol. The topological polar surface area (TPSA) is 98.5 Å².